The van der Waals surface area contributed by atoms with E-state index < -0.39 is 17.4 Å². The number of esters is 1. The van der Waals surface area contributed by atoms with Gasteiger partial charge in [-0.05, 0) is 26.3 Å². The predicted molar refractivity (Wildman–Crippen MR) is 80.8 cm³/mol. The number of hydrogen-bond acceptors (Lipinski definition) is 4. The highest BCUT2D eigenvalue weighted by Gasteiger charge is 2.55. The fourth-order valence-electron chi connectivity index (χ4n) is 2.85. The van der Waals surface area contributed by atoms with Crippen LogP contribution in [0, 0.1) is 5.41 Å². The maximum atomic E-state index is 12.7. The minimum Gasteiger partial charge on any atom is -0.466 e. The van der Waals surface area contributed by atoms with Gasteiger partial charge in [-0.25, -0.2) is 0 Å². The lowest BCUT2D eigenvalue weighted by Crippen LogP contribution is -2.36. The van der Waals surface area contributed by atoms with Crippen LogP contribution in [0.5, 0.6) is 0 Å². The second kappa shape index (κ2) is 6.30. The van der Waals surface area contributed by atoms with Gasteiger partial charge in [0, 0.05) is 6.54 Å². The Kier molecular flexibility index (Phi) is 4.64. The second-order valence-electron chi connectivity index (χ2n) is 5.77. The number of amides is 1. The summed E-state index contributed by atoms with van der Waals surface area (Å²) < 4.78 is 4.89. The van der Waals surface area contributed by atoms with Crippen molar-refractivity contribution in [2.45, 2.75) is 39.8 Å². The molecule has 1 aliphatic rings. The summed E-state index contributed by atoms with van der Waals surface area (Å²) in [5.41, 5.74) is -0.364. The number of benzene rings is 1. The number of rotatable bonds is 5. The SMILES string of the molecule is CCOC(=O)C[C@]1(C)C(=O)[C@@H](C)N(Cc2ccccc2)C1=O. The molecule has 1 heterocycles. The largest absolute Gasteiger partial charge is 0.466 e. The van der Waals surface area contributed by atoms with E-state index in [-0.39, 0.29) is 24.7 Å². The van der Waals surface area contributed by atoms with Gasteiger partial charge in [0.05, 0.1) is 19.1 Å². The molecule has 118 valence electrons. The van der Waals surface area contributed by atoms with E-state index in [1.807, 2.05) is 30.3 Å². The van der Waals surface area contributed by atoms with Crippen LogP contribution in [0.25, 0.3) is 0 Å². The van der Waals surface area contributed by atoms with Crippen LogP contribution in [0.2, 0.25) is 0 Å². The van der Waals surface area contributed by atoms with Crippen molar-refractivity contribution in [2.24, 2.45) is 5.41 Å². The molecule has 0 bridgehead atoms. The predicted octanol–water partition coefficient (Wildman–Crippen LogP) is 1.95. The Morgan fingerprint density at radius 1 is 1.27 bits per heavy atom. The van der Waals surface area contributed by atoms with Gasteiger partial charge in [0.2, 0.25) is 5.91 Å². The number of carbonyl (C=O) groups excluding carboxylic acids is 3. The number of ether oxygens (including phenoxy) is 1. The van der Waals surface area contributed by atoms with Crippen LogP contribution < -0.4 is 0 Å². The monoisotopic (exact) mass is 303 g/mol. The maximum absolute atomic E-state index is 12.7. The van der Waals surface area contributed by atoms with Gasteiger partial charge in [-0.15, -0.1) is 0 Å². The molecule has 2 atom stereocenters. The summed E-state index contributed by atoms with van der Waals surface area (Å²) in [4.78, 5) is 38.5. The van der Waals surface area contributed by atoms with Crippen molar-refractivity contribution >= 4 is 17.7 Å². The van der Waals surface area contributed by atoms with Crippen LogP contribution in [0.1, 0.15) is 32.8 Å². The van der Waals surface area contributed by atoms with Gasteiger partial charge in [0.1, 0.15) is 5.41 Å². The van der Waals surface area contributed by atoms with Gasteiger partial charge in [0.15, 0.2) is 5.78 Å². The smallest absolute Gasteiger partial charge is 0.307 e. The molecule has 0 N–H and O–H groups in total. The van der Waals surface area contributed by atoms with Gasteiger partial charge in [-0.3, -0.25) is 14.4 Å². The standard InChI is InChI=1S/C17H21NO4/c1-4-22-14(19)10-17(3)15(20)12(2)18(16(17)21)11-13-8-6-5-7-9-13/h5-9,12H,4,10-11H2,1-3H3/t12-,17-/m1/s1. The van der Waals surface area contributed by atoms with E-state index in [0.717, 1.165) is 5.56 Å². The van der Waals surface area contributed by atoms with Crippen LogP contribution in [-0.4, -0.2) is 35.2 Å². The van der Waals surface area contributed by atoms with Crippen molar-refractivity contribution in [1.82, 2.24) is 4.90 Å². The van der Waals surface area contributed by atoms with Crippen LogP contribution in [0.4, 0.5) is 0 Å². The van der Waals surface area contributed by atoms with Crippen molar-refractivity contribution in [3.8, 4) is 0 Å². The van der Waals surface area contributed by atoms with Crippen LogP contribution >= 0.6 is 0 Å². The summed E-state index contributed by atoms with van der Waals surface area (Å²) in [6, 6.07) is 8.96. The Labute approximate surface area is 130 Å². The molecule has 22 heavy (non-hydrogen) atoms. The van der Waals surface area contributed by atoms with E-state index in [1.54, 1.807) is 13.8 Å². The van der Waals surface area contributed by atoms with Crippen LogP contribution in [0.15, 0.2) is 30.3 Å². The number of ketones is 1. The van der Waals surface area contributed by atoms with Crippen molar-refractivity contribution in [1.29, 1.82) is 0 Å². The third-order valence-corrected chi connectivity index (χ3v) is 4.12. The van der Waals surface area contributed by atoms with Gasteiger partial charge < -0.3 is 9.64 Å². The molecular formula is C17H21NO4. The second-order valence-corrected chi connectivity index (χ2v) is 5.77. The van der Waals surface area contributed by atoms with E-state index in [1.165, 1.54) is 11.8 Å². The molecule has 5 nitrogen and oxygen atoms in total. The number of nitrogens with zero attached hydrogens (tertiary/aromatic N) is 1. The normalized spacial score (nSPS) is 24.7. The molecular weight excluding hydrogens is 282 g/mol. The van der Waals surface area contributed by atoms with E-state index in [0.29, 0.717) is 6.54 Å². The number of hydrogen-bond donors (Lipinski definition) is 0. The lowest BCUT2D eigenvalue weighted by atomic mass is 9.82. The molecule has 2 rings (SSSR count). The molecule has 1 aromatic carbocycles. The quantitative estimate of drug-likeness (QED) is 0.616. The Balaban J connectivity index is 2.20. The Bertz CT molecular complexity index is 584. The molecule has 0 aliphatic carbocycles. The van der Waals surface area contributed by atoms with E-state index in [9.17, 15) is 14.4 Å². The molecule has 0 radical (unpaired) electrons. The maximum Gasteiger partial charge on any atom is 0.307 e. The fraction of sp³-hybridized carbons (Fsp3) is 0.471. The summed E-state index contributed by atoms with van der Waals surface area (Å²) in [7, 11) is 0. The Morgan fingerprint density at radius 2 is 1.91 bits per heavy atom. The first-order chi connectivity index (χ1) is 10.4. The molecule has 0 unspecified atom stereocenters. The first-order valence-electron chi connectivity index (χ1n) is 7.45. The zero-order valence-corrected chi connectivity index (χ0v) is 13.2. The van der Waals surface area contributed by atoms with Gasteiger partial charge in [-0.2, -0.15) is 0 Å². The summed E-state index contributed by atoms with van der Waals surface area (Å²) in [6.07, 6.45) is -0.200. The minimum absolute atomic E-state index is 0.200. The first kappa shape index (κ1) is 16.2. The molecule has 1 aromatic rings. The summed E-state index contributed by atoms with van der Waals surface area (Å²) in [5, 5.41) is 0. The highest BCUT2D eigenvalue weighted by Crippen LogP contribution is 2.36. The molecule has 0 saturated carbocycles. The highest BCUT2D eigenvalue weighted by atomic mass is 16.5. The summed E-state index contributed by atoms with van der Waals surface area (Å²) >= 11 is 0. The van der Waals surface area contributed by atoms with Crippen molar-refractivity contribution < 1.29 is 19.1 Å². The fourth-order valence-corrected chi connectivity index (χ4v) is 2.85. The van der Waals surface area contributed by atoms with Crippen molar-refractivity contribution in [2.75, 3.05) is 6.61 Å². The molecule has 5 heteroatoms. The molecule has 1 saturated heterocycles. The van der Waals surface area contributed by atoms with Gasteiger partial charge >= 0.3 is 5.97 Å². The van der Waals surface area contributed by atoms with Crippen LogP contribution in [0.3, 0.4) is 0 Å². The molecule has 0 spiro atoms. The molecule has 1 fully saturated rings. The average molecular weight is 303 g/mol. The molecule has 1 aliphatic heterocycles. The van der Waals surface area contributed by atoms with Crippen molar-refractivity contribution in [3.63, 3.8) is 0 Å². The first-order valence-corrected chi connectivity index (χ1v) is 7.45. The zero-order valence-electron chi connectivity index (χ0n) is 13.2. The lowest BCUT2D eigenvalue weighted by molar-refractivity contribution is -0.152. The van der Waals surface area contributed by atoms with E-state index in [2.05, 4.69) is 0 Å². The molecule has 0 aromatic heterocycles. The minimum atomic E-state index is -1.32. The third kappa shape index (κ3) is 2.89. The summed E-state index contributed by atoms with van der Waals surface area (Å²) in [5.74, 6) is -1.04. The van der Waals surface area contributed by atoms with Crippen LogP contribution in [-0.2, 0) is 25.7 Å². The number of carbonyl (C=O) groups is 3. The van der Waals surface area contributed by atoms with E-state index in [4.69, 9.17) is 4.74 Å². The van der Waals surface area contributed by atoms with E-state index >= 15 is 0 Å². The summed E-state index contributed by atoms with van der Waals surface area (Å²) in [6.45, 7) is 5.55. The number of Topliss-reactive ketones (excluding diaryl/α,β-unsaturated/α-hetero) is 1. The Hall–Kier alpha value is -2.17. The van der Waals surface area contributed by atoms with Gasteiger partial charge in [-0.1, -0.05) is 30.3 Å². The Morgan fingerprint density at radius 3 is 2.50 bits per heavy atom. The average Bonchev–Trinajstić information content (AvgIpc) is 2.64. The van der Waals surface area contributed by atoms with Gasteiger partial charge in [0.25, 0.3) is 0 Å². The third-order valence-electron chi connectivity index (χ3n) is 4.12. The van der Waals surface area contributed by atoms with Crippen molar-refractivity contribution in [3.05, 3.63) is 35.9 Å². The molecule has 1 amide bonds. The highest BCUT2D eigenvalue weighted by molar-refractivity contribution is 6.15. The lowest BCUT2D eigenvalue weighted by Gasteiger charge is -2.22. The topological polar surface area (TPSA) is 63.7 Å². The zero-order chi connectivity index (χ0) is 16.3. The number of likely N-dealkylation sites (tertiary alicyclic amines) is 1.